The topological polar surface area (TPSA) is 67.2 Å². The Labute approximate surface area is 139 Å². The Kier molecular flexibility index (Phi) is 5.08. The highest BCUT2D eigenvalue weighted by Gasteiger charge is 2.37. The number of imidazole rings is 1. The van der Waals surface area contributed by atoms with Gasteiger partial charge in [0, 0.05) is 38.6 Å². The largest absolute Gasteiger partial charge is 0.337 e. The maximum atomic E-state index is 12.2. The quantitative estimate of drug-likeness (QED) is 0.820. The van der Waals surface area contributed by atoms with Crippen molar-refractivity contribution >= 4 is 10.0 Å². The first kappa shape index (κ1) is 16.9. The molecule has 1 saturated carbocycles. The number of rotatable bonds is 7. The molecule has 1 aromatic heterocycles. The molecule has 1 aliphatic heterocycles. The smallest absolute Gasteiger partial charge is 0.214 e. The summed E-state index contributed by atoms with van der Waals surface area (Å²) in [5.41, 5.74) is 0. The Hall–Kier alpha value is -0.920. The Morgan fingerprint density at radius 3 is 2.52 bits per heavy atom. The number of hydrogen-bond donors (Lipinski definition) is 1. The van der Waals surface area contributed by atoms with Gasteiger partial charge in [-0.15, -0.1) is 0 Å². The summed E-state index contributed by atoms with van der Waals surface area (Å²) in [5.74, 6) is 2.05. The molecule has 0 unspecified atom stereocenters. The van der Waals surface area contributed by atoms with Crippen molar-refractivity contribution in [2.45, 2.75) is 51.1 Å². The number of aromatic nitrogens is 2. The molecule has 0 aromatic carbocycles. The summed E-state index contributed by atoms with van der Waals surface area (Å²) in [4.78, 5) is 4.52. The standard InChI is InChI=1S/C16H28N4O2S/c1-3-12-23(21,22)20-9-6-14(7-10-20)18-15(13-4-5-13)16-17-8-11-19(16)2/h8,11,13-15,18H,3-7,9-10,12H2,1-2H3/t15-/m0/s1. The van der Waals surface area contributed by atoms with Crippen molar-refractivity contribution in [3.05, 3.63) is 18.2 Å². The van der Waals surface area contributed by atoms with Gasteiger partial charge in [0.25, 0.3) is 0 Å². The van der Waals surface area contributed by atoms with Crippen LogP contribution in [-0.2, 0) is 17.1 Å². The van der Waals surface area contributed by atoms with Crippen LogP contribution in [0.1, 0.15) is 50.9 Å². The third kappa shape index (κ3) is 3.95. The van der Waals surface area contributed by atoms with E-state index in [-0.39, 0.29) is 5.75 Å². The van der Waals surface area contributed by atoms with Crippen LogP contribution in [0.2, 0.25) is 0 Å². The van der Waals surface area contributed by atoms with Crippen LogP contribution in [0, 0.1) is 5.92 Å². The molecule has 0 spiro atoms. The van der Waals surface area contributed by atoms with Crippen molar-refractivity contribution in [2.24, 2.45) is 13.0 Å². The summed E-state index contributed by atoms with van der Waals surface area (Å²) >= 11 is 0. The lowest BCUT2D eigenvalue weighted by Crippen LogP contribution is -2.46. The fourth-order valence-corrected chi connectivity index (χ4v) is 5.01. The maximum absolute atomic E-state index is 12.2. The molecule has 130 valence electrons. The summed E-state index contributed by atoms with van der Waals surface area (Å²) in [6, 6.07) is 0.684. The van der Waals surface area contributed by atoms with Crippen LogP contribution in [0.15, 0.2) is 12.4 Å². The lowest BCUT2D eigenvalue weighted by molar-refractivity contribution is 0.261. The lowest BCUT2D eigenvalue weighted by atomic mass is 10.0. The zero-order chi connectivity index (χ0) is 16.4. The molecule has 0 radical (unpaired) electrons. The Balaban J connectivity index is 1.58. The lowest BCUT2D eigenvalue weighted by Gasteiger charge is -2.34. The molecular formula is C16H28N4O2S. The van der Waals surface area contributed by atoms with Crippen molar-refractivity contribution in [1.29, 1.82) is 0 Å². The molecule has 1 aromatic rings. The van der Waals surface area contributed by atoms with E-state index in [1.165, 1.54) is 12.8 Å². The molecule has 3 rings (SSSR count). The van der Waals surface area contributed by atoms with Gasteiger partial charge in [0.2, 0.25) is 10.0 Å². The van der Waals surface area contributed by atoms with Crippen LogP contribution in [0.5, 0.6) is 0 Å². The van der Waals surface area contributed by atoms with E-state index in [0.29, 0.717) is 37.5 Å². The van der Waals surface area contributed by atoms with Crippen molar-refractivity contribution in [1.82, 2.24) is 19.2 Å². The average Bonchev–Trinajstić information content (AvgIpc) is 3.27. The van der Waals surface area contributed by atoms with Gasteiger partial charge in [-0.05, 0) is 38.0 Å². The van der Waals surface area contributed by atoms with Crippen molar-refractivity contribution in [3.8, 4) is 0 Å². The van der Waals surface area contributed by atoms with E-state index < -0.39 is 10.0 Å². The van der Waals surface area contributed by atoms with E-state index in [9.17, 15) is 8.42 Å². The predicted molar refractivity (Wildman–Crippen MR) is 90.5 cm³/mol. The molecule has 7 heteroatoms. The van der Waals surface area contributed by atoms with Crippen LogP contribution in [0.4, 0.5) is 0 Å². The third-order valence-electron chi connectivity index (χ3n) is 4.95. The highest BCUT2D eigenvalue weighted by Crippen LogP contribution is 2.41. The Morgan fingerprint density at radius 1 is 1.30 bits per heavy atom. The van der Waals surface area contributed by atoms with Crippen LogP contribution in [0.3, 0.4) is 0 Å². The Bertz CT molecular complexity index is 616. The van der Waals surface area contributed by atoms with Crippen LogP contribution in [0.25, 0.3) is 0 Å². The summed E-state index contributed by atoms with van der Waals surface area (Å²) in [6.07, 6.45) is 8.82. The SMILES string of the molecule is CCCS(=O)(=O)N1CCC(N[C@H](c2nccn2C)C2CC2)CC1. The van der Waals surface area contributed by atoms with E-state index in [0.717, 1.165) is 18.7 Å². The molecule has 0 bridgehead atoms. The minimum absolute atomic E-state index is 0.267. The van der Waals surface area contributed by atoms with Crippen molar-refractivity contribution < 1.29 is 8.42 Å². The molecule has 23 heavy (non-hydrogen) atoms. The molecule has 1 aliphatic carbocycles. The van der Waals surface area contributed by atoms with Gasteiger partial charge >= 0.3 is 0 Å². The summed E-state index contributed by atoms with van der Waals surface area (Å²) < 4.78 is 28.1. The van der Waals surface area contributed by atoms with Crippen LogP contribution < -0.4 is 5.32 Å². The van der Waals surface area contributed by atoms with E-state index in [1.807, 2.05) is 26.4 Å². The molecule has 1 N–H and O–H groups in total. The third-order valence-corrected chi connectivity index (χ3v) is 7.03. The number of nitrogens with one attached hydrogen (secondary N) is 1. The van der Waals surface area contributed by atoms with Gasteiger partial charge in [0.1, 0.15) is 5.82 Å². The van der Waals surface area contributed by atoms with Gasteiger partial charge in [-0.2, -0.15) is 0 Å². The molecular weight excluding hydrogens is 312 g/mol. The number of sulfonamides is 1. The van der Waals surface area contributed by atoms with Crippen LogP contribution in [-0.4, -0.2) is 47.2 Å². The number of aryl methyl sites for hydroxylation is 1. The van der Waals surface area contributed by atoms with Gasteiger partial charge in [0.15, 0.2) is 0 Å². The number of hydrogen-bond acceptors (Lipinski definition) is 4. The second-order valence-electron chi connectivity index (χ2n) is 6.87. The zero-order valence-electron chi connectivity index (χ0n) is 14.1. The predicted octanol–water partition coefficient (Wildman–Crippen LogP) is 1.66. The second-order valence-corrected chi connectivity index (χ2v) is 8.96. The van der Waals surface area contributed by atoms with Crippen molar-refractivity contribution in [3.63, 3.8) is 0 Å². The highest BCUT2D eigenvalue weighted by atomic mass is 32.2. The average molecular weight is 340 g/mol. The van der Waals surface area contributed by atoms with Crippen LogP contribution >= 0.6 is 0 Å². The van der Waals surface area contributed by atoms with E-state index in [2.05, 4.69) is 14.9 Å². The molecule has 0 amide bonds. The van der Waals surface area contributed by atoms with E-state index in [1.54, 1.807) is 4.31 Å². The first-order chi connectivity index (χ1) is 11.0. The second kappa shape index (κ2) is 6.91. The van der Waals surface area contributed by atoms with Gasteiger partial charge in [-0.25, -0.2) is 17.7 Å². The fraction of sp³-hybridized carbons (Fsp3) is 0.812. The minimum Gasteiger partial charge on any atom is -0.337 e. The monoisotopic (exact) mass is 340 g/mol. The first-order valence-electron chi connectivity index (χ1n) is 8.72. The van der Waals surface area contributed by atoms with Gasteiger partial charge in [0.05, 0.1) is 11.8 Å². The number of nitrogens with zero attached hydrogens (tertiary/aromatic N) is 3. The summed E-state index contributed by atoms with van der Waals surface area (Å²) in [5, 5.41) is 3.76. The molecule has 1 atom stereocenters. The van der Waals surface area contributed by atoms with E-state index >= 15 is 0 Å². The molecule has 2 fully saturated rings. The van der Waals surface area contributed by atoms with Crippen molar-refractivity contribution in [2.75, 3.05) is 18.8 Å². The fourth-order valence-electron chi connectivity index (χ4n) is 3.47. The van der Waals surface area contributed by atoms with Gasteiger partial charge in [-0.3, -0.25) is 0 Å². The molecule has 6 nitrogen and oxygen atoms in total. The Morgan fingerprint density at radius 2 is 2.00 bits per heavy atom. The molecule has 2 aliphatic rings. The molecule has 1 saturated heterocycles. The number of piperidine rings is 1. The maximum Gasteiger partial charge on any atom is 0.214 e. The molecule has 2 heterocycles. The van der Waals surface area contributed by atoms with E-state index in [4.69, 9.17) is 0 Å². The summed E-state index contributed by atoms with van der Waals surface area (Å²) in [7, 11) is -1.01. The minimum atomic E-state index is -3.05. The van der Waals surface area contributed by atoms with Gasteiger partial charge in [-0.1, -0.05) is 6.92 Å². The summed E-state index contributed by atoms with van der Waals surface area (Å²) in [6.45, 7) is 3.19. The zero-order valence-corrected chi connectivity index (χ0v) is 14.9. The first-order valence-corrected chi connectivity index (χ1v) is 10.3. The van der Waals surface area contributed by atoms with Gasteiger partial charge < -0.3 is 9.88 Å². The normalized spacial score (nSPS) is 22.3. The highest BCUT2D eigenvalue weighted by molar-refractivity contribution is 7.89.